The molecule has 2 nitrogen and oxygen atoms in total. The maximum atomic E-state index is 6.19. The van der Waals surface area contributed by atoms with E-state index in [1.54, 1.807) is 0 Å². The Morgan fingerprint density at radius 1 is 0.960 bits per heavy atom. The highest BCUT2D eigenvalue weighted by molar-refractivity contribution is 5.45. The number of ether oxygens (including phenoxy) is 1. The van der Waals surface area contributed by atoms with Crippen LogP contribution in [0, 0.1) is 0 Å². The number of nitrogens with zero attached hydrogens (tertiary/aromatic N) is 1. The van der Waals surface area contributed by atoms with E-state index in [9.17, 15) is 0 Å². The van der Waals surface area contributed by atoms with Crippen LogP contribution in [0.3, 0.4) is 0 Å². The van der Waals surface area contributed by atoms with Gasteiger partial charge >= 0.3 is 0 Å². The van der Waals surface area contributed by atoms with E-state index in [0.717, 1.165) is 39.0 Å². The third-order valence-corrected chi connectivity index (χ3v) is 5.92. The molecular formula is C23H29NO. The van der Waals surface area contributed by atoms with Gasteiger partial charge in [0.15, 0.2) is 0 Å². The molecule has 1 fully saturated rings. The maximum Gasteiger partial charge on any atom is 0.0711 e. The van der Waals surface area contributed by atoms with Crippen molar-refractivity contribution in [2.24, 2.45) is 0 Å². The van der Waals surface area contributed by atoms with Crippen LogP contribution in [-0.4, -0.2) is 36.7 Å². The van der Waals surface area contributed by atoms with Crippen LogP contribution in [0.15, 0.2) is 48.5 Å². The lowest BCUT2D eigenvalue weighted by Crippen LogP contribution is -2.46. The second-order valence-corrected chi connectivity index (χ2v) is 7.77. The highest BCUT2D eigenvalue weighted by Crippen LogP contribution is 2.38. The fourth-order valence-electron chi connectivity index (χ4n) is 4.51. The zero-order valence-corrected chi connectivity index (χ0v) is 15.4. The van der Waals surface area contributed by atoms with E-state index in [2.05, 4.69) is 67.3 Å². The summed E-state index contributed by atoms with van der Waals surface area (Å²) in [7, 11) is 0. The van der Waals surface area contributed by atoms with Gasteiger partial charge in [0.25, 0.3) is 0 Å². The molecule has 1 aliphatic heterocycles. The van der Waals surface area contributed by atoms with E-state index in [0.29, 0.717) is 18.1 Å². The number of benzene rings is 2. The molecule has 25 heavy (non-hydrogen) atoms. The minimum Gasteiger partial charge on any atom is -0.376 e. The highest BCUT2D eigenvalue weighted by atomic mass is 16.5. The van der Waals surface area contributed by atoms with Gasteiger partial charge in [-0.1, -0.05) is 48.5 Å². The molecule has 1 saturated heterocycles. The molecule has 0 amide bonds. The summed E-state index contributed by atoms with van der Waals surface area (Å²) in [6.07, 6.45) is 3.69. The summed E-state index contributed by atoms with van der Waals surface area (Å²) in [5.74, 6) is 0.451. The largest absolute Gasteiger partial charge is 0.376 e. The van der Waals surface area contributed by atoms with Crippen molar-refractivity contribution in [3.05, 3.63) is 70.8 Å². The van der Waals surface area contributed by atoms with E-state index in [1.807, 2.05) is 0 Å². The van der Waals surface area contributed by atoms with Crippen molar-refractivity contribution in [1.29, 1.82) is 0 Å². The standard InChI is InChI=1S/C23H29NO/c1-17(2)24-13-14-25-20(16-24)15-23-21-9-5-3-7-18(21)11-12-19-8-4-6-10-22(19)23/h3-10,17,20,23H,11-16H2,1-2H3. The van der Waals surface area contributed by atoms with Crippen LogP contribution in [0.4, 0.5) is 0 Å². The van der Waals surface area contributed by atoms with Crippen LogP contribution in [0.25, 0.3) is 0 Å². The van der Waals surface area contributed by atoms with Gasteiger partial charge in [-0.15, -0.1) is 0 Å². The Morgan fingerprint density at radius 2 is 1.56 bits per heavy atom. The Balaban J connectivity index is 1.66. The van der Waals surface area contributed by atoms with Gasteiger partial charge in [-0.25, -0.2) is 0 Å². The van der Waals surface area contributed by atoms with Crippen LogP contribution in [0.1, 0.15) is 48.4 Å². The molecule has 0 aromatic heterocycles. The zero-order valence-electron chi connectivity index (χ0n) is 15.4. The first-order valence-corrected chi connectivity index (χ1v) is 9.73. The van der Waals surface area contributed by atoms with Crippen molar-refractivity contribution in [1.82, 2.24) is 4.90 Å². The van der Waals surface area contributed by atoms with E-state index in [4.69, 9.17) is 4.74 Å². The predicted octanol–water partition coefficient (Wildman–Crippen LogP) is 4.42. The van der Waals surface area contributed by atoms with Crippen LogP contribution < -0.4 is 0 Å². The smallest absolute Gasteiger partial charge is 0.0711 e. The molecule has 0 radical (unpaired) electrons. The normalized spacial score (nSPS) is 21.6. The molecule has 2 aromatic carbocycles. The monoisotopic (exact) mass is 335 g/mol. The van der Waals surface area contributed by atoms with E-state index in [1.165, 1.54) is 22.3 Å². The first-order chi connectivity index (χ1) is 12.2. The molecule has 2 heteroatoms. The molecule has 1 heterocycles. The number of hydrogen-bond acceptors (Lipinski definition) is 2. The quantitative estimate of drug-likeness (QED) is 0.823. The Kier molecular flexibility index (Phi) is 4.91. The molecule has 1 aliphatic carbocycles. The molecule has 132 valence electrons. The molecular weight excluding hydrogens is 306 g/mol. The summed E-state index contributed by atoms with van der Waals surface area (Å²) >= 11 is 0. The van der Waals surface area contributed by atoms with Crippen LogP contribution in [-0.2, 0) is 17.6 Å². The van der Waals surface area contributed by atoms with Crippen molar-refractivity contribution in [2.75, 3.05) is 19.7 Å². The van der Waals surface area contributed by atoms with E-state index >= 15 is 0 Å². The molecule has 1 unspecified atom stereocenters. The molecule has 4 rings (SSSR count). The van der Waals surface area contributed by atoms with Gasteiger partial charge in [0, 0.05) is 25.0 Å². The first-order valence-electron chi connectivity index (χ1n) is 9.73. The lowest BCUT2D eigenvalue weighted by Gasteiger charge is -2.37. The predicted molar refractivity (Wildman–Crippen MR) is 103 cm³/mol. The van der Waals surface area contributed by atoms with Gasteiger partial charge < -0.3 is 4.74 Å². The van der Waals surface area contributed by atoms with E-state index in [-0.39, 0.29) is 0 Å². The Bertz CT molecular complexity index is 676. The van der Waals surface area contributed by atoms with Gasteiger partial charge in [0.2, 0.25) is 0 Å². The Morgan fingerprint density at radius 3 is 2.16 bits per heavy atom. The van der Waals surface area contributed by atoms with Crippen LogP contribution >= 0.6 is 0 Å². The number of aryl methyl sites for hydroxylation is 2. The first kappa shape index (κ1) is 16.8. The molecule has 1 atom stereocenters. The van der Waals surface area contributed by atoms with Gasteiger partial charge in [-0.2, -0.15) is 0 Å². The Hall–Kier alpha value is -1.64. The number of rotatable bonds is 3. The van der Waals surface area contributed by atoms with Crippen molar-refractivity contribution >= 4 is 0 Å². The summed E-state index contributed by atoms with van der Waals surface area (Å²) < 4.78 is 6.19. The third kappa shape index (κ3) is 3.51. The number of fused-ring (bicyclic) bond motifs is 2. The molecule has 0 N–H and O–H groups in total. The van der Waals surface area contributed by atoms with Crippen molar-refractivity contribution in [2.45, 2.75) is 51.2 Å². The second kappa shape index (κ2) is 7.31. The fourth-order valence-corrected chi connectivity index (χ4v) is 4.51. The fraction of sp³-hybridized carbons (Fsp3) is 0.478. The molecule has 0 saturated carbocycles. The summed E-state index contributed by atoms with van der Waals surface area (Å²) in [6, 6.07) is 18.7. The highest BCUT2D eigenvalue weighted by Gasteiger charge is 2.29. The van der Waals surface area contributed by atoms with Crippen molar-refractivity contribution in [3.63, 3.8) is 0 Å². The second-order valence-electron chi connectivity index (χ2n) is 7.77. The average Bonchev–Trinajstić information content (AvgIpc) is 2.80. The summed E-state index contributed by atoms with van der Waals surface area (Å²) in [4.78, 5) is 2.56. The third-order valence-electron chi connectivity index (χ3n) is 5.92. The molecule has 2 aliphatic rings. The van der Waals surface area contributed by atoms with Crippen molar-refractivity contribution < 1.29 is 4.74 Å². The SMILES string of the molecule is CC(C)N1CCOC(CC2c3ccccc3CCc3ccccc32)C1. The maximum absolute atomic E-state index is 6.19. The van der Waals surface area contributed by atoms with Crippen LogP contribution in [0.5, 0.6) is 0 Å². The topological polar surface area (TPSA) is 12.5 Å². The molecule has 0 spiro atoms. The minimum absolute atomic E-state index is 0.320. The van der Waals surface area contributed by atoms with Gasteiger partial charge in [-0.3, -0.25) is 4.90 Å². The molecule has 0 bridgehead atoms. The summed E-state index contributed by atoms with van der Waals surface area (Å²) in [5, 5.41) is 0. The molecule has 2 aromatic rings. The van der Waals surface area contributed by atoms with E-state index < -0.39 is 0 Å². The lowest BCUT2D eigenvalue weighted by molar-refractivity contribution is -0.0434. The van der Waals surface area contributed by atoms with Gasteiger partial charge in [-0.05, 0) is 55.4 Å². The number of hydrogen-bond donors (Lipinski definition) is 0. The summed E-state index contributed by atoms with van der Waals surface area (Å²) in [6.45, 7) is 7.56. The van der Waals surface area contributed by atoms with Gasteiger partial charge in [0.05, 0.1) is 12.7 Å². The van der Waals surface area contributed by atoms with Gasteiger partial charge in [0.1, 0.15) is 0 Å². The van der Waals surface area contributed by atoms with Crippen molar-refractivity contribution in [3.8, 4) is 0 Å². The van der Waals surface area contributed by atoms with Crippen LogP contribution in [0.2, 0.25) is 0 Å². The lowest BCUT2D eigenvalue weighted by atomic mass is 9.84. The summed E-state index contributed by atoms with van der Waals surface area (Å²) in [5.41, 5.74) is 6.05. The average molecular weight is 335 g/mol. The Labute approximate surface area is 151 Å². The number of morpholine rings is 1. The zero-order chi connectivity index (χ0) is 17.2. The minimum atomic E-state index is 0.320.